The molecule has 1 fully saturated rings. The predicted octanol–water partition coefficient (Wildman–Crippen LogP) is 6.78. The second-order valence-electron chi connectivity index (χ2n) is 10.5. The van der Waals surface area contributed by atoms with Crippen LogP contribution in [0.2, 0.25) is 0 Å². The average molecular weight is 501 g/mol. The van der Waals surface area contributed by atoms with Gasteiger partial charge in [0.25, 0.3) is 0 Å². The Morgan fingerprint density at radius 1 is 0.971 bits per heavy atom. The molecule has 0 spiro atoms. The molecule has 0 radical (unpaired) electrons. The quantitative estimate of drug-likeness (QED) is 0.164. The molecule has 0 amide bonds. The van der Waals surface area contributed by atoms with Gasteiger partial charge in [0.15, 0.2) is 0 Å². The predicted molar refractivity (Wildman–Crippen MR) is 138 cm³/mol. The number of hydrogen-bond donors (Lipinski definition) is 1. The standard InChI is InChI=1S/C27H48O6S/c1-6-7-8-13-18-27(4,5)25(33-21(3)29)19-34-24-17-16-23(32-20(2)28)22(24)14-11-9-10-12-15-26(30)31/h22-25H,6-19H2,1-5H3,(H,30,31). The van der Waals surface area contributed by atoms with Crippen LogP contribution >= 0.6 is 11.8 Å². The summed E-state index contributed by atoms with van der Waals surface area (Å²) in [5.74, 6) is -0.147. The number of thioether (sulfide) groups is 1. The Hall–Kier alpha value is -1.24. The van der Waals surface area contributed by atoms with Crippen LogP contribution in [0.3, 0.4) is 0 Å². The van der Waals surface area contributed by atoms with Crippen molar-refractivity contribution in [2.45, 2.75) is 136 Å². The summed E-state index contributed by atoms with van der Waals surface area (Å²) in [6, 6.07) is 0. The first-order valence-corrected chi connectivity index (χ1v) is 14.3. The van der Waals surface area contributed by atoms with Crippen molar-refractivity contribution < 1.29 is 29.0 Å². The van der Waals surface area contributed by atoms with Crippen molar-refractivity contribution in [3.8, 4) is 0 Å². The molecule has 1 aliphatic carbocycles. The highest BCUT2D eigenvalue weighted by Crippen LogP contribution is 2.42. The van der Waals surface area contributed by atoms with E-state index in [4.69, 9.17) is 14.6 Å². The molecule has 0 aromatic rings. The van der Waals surface area contributed by atoms with Crippen molar-refractivity contribution in [2.75, 3.05) is 5.75 Å². The second kappa shape index (κ2) is 16.4. The summed E-state index contributed by atoms with van der Waals surface area (Å²) in [7, 11) is 0. The zero-order valence-electron chi connectivity index (χ0n) is 22.1. The Balaban J connectivity index is 2.70. The Kier molecular flexibility index (Phi) is 14.9. The van der Waals surface area contributed by atoms with Crippen molar-refractivity contribution in [1.29, 1.82) is 0 Å². The molecule has 0 heterocycles. The van der Waals surface area contributed by atoms with Crippen LogP contribution in [-0.2, 0) is 23.9 Å². The third-order valence-corrected chi connectivity index (χ3v) is 8.51. The van der Waals surface area contributed by atoms with E-state index in [0.29, 0.717) is 17.6 Å². The summed E-state index contributed by atoms with van der Waals surface area (Å²) >= 11 is 1.87. The van der Waals surface area contributed by atoms with Gasteiger partial charge in [-0.15, -0.1) is 0 Å². The Morgan fingerprint density at radius 3 is 2.26 bits per heavy atom. The van der Waals surface area contributed by atoms with E-state index in [1.807, 2.05) is 11.8 Å². The zero-order valence-corrected chi connectivity index (χ0v) is 22.9. The highest BCUT2D eigenvalue weighted by molar-refractivity contribution is 7.99. The lowest BCUT2D eigenvalue weighted by atomic mass is 9.82. The summed E-state index contributed by atoms with van der Waals surface area (Å²) < 4.78 is 11.5. The molecular formula is C27H48O6S. The van der Waals surface area contributed by atoms with Gasteiger partial charge in [-0.3, -0.25) is 14.4 Å². The molecule has 0 saturated heterocycles. The molecule has 198 valence electrons. The molecule has 4 atom stereocenters. The molecule has 0 bridgehead atoms. The monoisotopic (exact) mass is 500 g/mol. The maximum Gasteiger partial charge on any atom is 0.303 e. The molecule has 34 heavy (non-hydrogen) atoms. The molecule has 1 N–H and O–H groups in total. The van der Waals surface area contributed by atoms with Gasteiger partial charge in [0, 0.05) is 42.6 Å². The number of rotatable bonds is 18. The number of hydrogen-bond acceptors (Lipinski definition) is 6. The van der Waals surface area contributed by atoms with Crippen LogP contribution < -0.4 is 0 Å². The lowest BCUT2D eigenvalue weighted by Crippen LogP contribution is -2.36. The molecular weight excluding hydrogens is 452 g/mol. The summed E-state index contributed by atoms with van der Waals surface area (Å²) in [6.45, 7) is 9.59. The van der Waals surface area contributed by atoms with E-state index in [9.17, 15) is 14.4 Å². The van der Waals surface area contributed by atoms with Crippen molar-refractivity contribution in [3.63, 3.8) is 0 Å². The summed E-state index contributed by atoms with van der Waals surface area (Å²) in [4.78, 5) is 34.2. The van der Waals surface area contributed by atoms with Crippen LogP contribution in [0.4, 0.5) is 0 Å². The molecule has 0 aliphatic heterocycles. The van der Waals surface area contributed by atoms with Gasteiger partial charge in [-0.1, -0.05) is 65.7 Å². The van der Waals surface area contributed by atoms with Gasteiger partial charge >= 0.3 is 17.9 Å². The van der Waals surface area contributed by atoms with Gasteiger partial charge in [-0.25, -0.2) is 0 Å². The Morgan fingerprint density at radius 2 is 1.65 bits per heavy atom. The third-order valence-electron chi connectivity index (χ3n) is 7.00. The molecule has 6 nitrogen and oxygen atoms in total. The maximum atomic E-state index is 11.9. The van der Waals surface area contributed by atoms with Crippen LogP contribution in [-0.4, -0.2) is 46.2 Å². The van der Waals surface area contributed by atoms with Gasteiger partial charge in [-0.05, 0) is 32.1 Å². The third kappa shape index (κ3) is 12.5. The number of unbranched alkanes of at least 4 members (excludes halogenated alkanes) is 6. The Bertz CT molecular complexity index is 620. The fourth-order valence-electron chi connectivity index (χ4n) is 4.94. The fourth-order valence-corrected chi connectivity index (χ4v) is 6.75. The molecule has 0 aromatic carbocycles. The molecule has 4 unspecified atom stereocenters. The van der Waals surface area contributed by atoms with Gasteiger partial charge in [0.2, 0.25) is 0 Å². The Labute approximate surface area is 211 Å². The minimum atomic E-state index is -0.738. The smallest absolute Gasteiger partial charge is 0.303 e. The first-order chi connectivity index (χ1) is 16.1. The van der Waals surface area contributed by atoms with E-state index in [0.717, 1.165) is 57.1 Å². The highest BCUT2D eigenvalue weighted by Gasteiger charge is 2.40. The van der Waals surface area contributed by atoms with E-state index < -0.39 is 5.97 Å². The molecule has 1 aliphatic rings. The number of carboxylic acid groups (broad SMARTS) is 1. The SMILES string of the molecule is CCCCCCC(C)(C)C(CSC1CCC(OC(C)=O)C1CCCCCCC(=O)O)OC(C)=O. The summed E-state index contributed by atoms with van der Waals surface area (Å²) in [5.41, 5.74) is -0.0834. The number of carbonyl (C=O) groups excluding carboxylic acids is 2. The molecule has 1 rings (SSSR count). The van der Waals surface area contributed by atoms with Crippen LogP contribution in [0, 0.1) is 11.3 Å². The number of aliphatic carboxylic acids is 1. The topological polar surface area (TPSA) is 89.9 Å². The first-order valence-electron chi connectivity index (χ1n) is 13.2. The second-order valence-corrected chi connectivity index (χ2v) is 11.8. The largest absolute Gasteiger partial charge is 0.481 e. The van der Waals surface area contributed by atoms with E-state index in [-0.39, 0.29) is 36.0 Å². The van der Waals surface area contributed by atoms with Crippen LogP contribution in [0.25, 0.3) is 0 Å². The maximum absolute atomic E-state index is 11.9. The molecule has 0 aromatic heterocycles. The van der Waals surface area contributed by atoms with E-state index in [1.165, 1.54) is 33.1 Å². The lowest BCUT2D eigenvalue weighted by Gasteiger charge is -2.35. The van der Waals surface area contributed by atoms with Gasteiger partial charge in [-0.2, -0.15) is 11.8 Å². The normalized spacial score (nSPS) is 21.3. The van der Waals surface area contributed by atoms with Gasteiger partial charge in [0.1, 0.15) is 12.2 Å². The van der Waals surface area contributed by atoms with Crippen LogP contribution in [0.1, 0.15) is 118 Å². The van der Waals surface area contributed by atoms with Crippen molar-refractivity contribution in [3.05, 3.63) is 0 Å². The molecule has 7 heteroatoms. The van der Waals surface area contributed by atoms with E-state index >= 15 is 0 Å². The van der Waals surface area contributed by atoms with E-state index in [1.54, 1.807) is 0 Å². The average Bonchev–Trinajstić information content (AvgIpc) is 3.11. The van der Waals surface area contributed by atoms with Crippen molar-refractivity contribution in [1.82, 2.24) is 0 Å². The van der Waals surface area contributed by atoms with Gasteiger partial charge < -0.3 is 14.6 Å². The minimum absolute atomic E-state index is 0.0525. The highest BCUT2D eigenvalue weighted by atomic mass is 32.2. The number of carboxylic acids is 1. The lowest BCUT2D eigenvalue weighted by molar-refractivity contribution is -0.151. The number of esters is 2. The zero-order chi connectivity index (χ0) is 25.6. The van der Waals surface area contributed by atoms with Crippen LogP contribution in [0.5, 0.6) is 0 Å². The van der Waals surface area contributed by atoms with E-state index in [2.05, 4.69) is 20.8 Å². The number of carbonyl (C=O) groups is 3. The minimum Gasteiger partial charge on any atom is -0.481 e. The molecule has 1 saturated carbocycles. The van der Waals surface area contributed by atoms with Crippen molar-refractivity contribution >= 4 is 29.7 Å². The fraction of sp³-hybridized carbons (Fsp3) is 0.889. The summed E-state index contributed by atoms with van der Waals surface area (Å²) in [6.07, 6.45) is 12.3. The number of ether oxygens (including phenoxy) is 2. The van der Waals surface area contributed by atoms with Gasteiger partial charge in [0.05, 0.1) is 0 Å². The summed E-state index contributed by atoms with van der Waals surface area (Å²) in [5, 5.41) is 9.17. The first kappa shape index (κ1) is 30.8. The van der Waals surface area contributed by atoms with Crippen LogP contribution in [0.15, 0.2) is 0 Å². The van der Waals surface area contributed by atoms with Crippen molar-refractivity contribution in [2.24, 2.45) is 11.3 Å².